The van der Waals surface area contributed by atoms with Crippen LogP contribution in [-0.2, 0) is 16.0 Å². The van der Waals surface area contributed by atoms with Gasteiger partial charge in [0.05, 0.1) is 19.1 Å². The van der Waals surface area contributed by atoms with Gasteiger partial charge in [-0.1, -0.05) is 45.0 Å². The van der Waals surface area contributed by atoms with Gasteiger partial charge in [-0.15, -0.1) is 0 Å². The van der Waals surface area contributed by atoms with Crippen LogP contribution in [0.2, 0.25) is 0 Å². The second kappa shape index (κ2) is 11.0. The Kier molecular flexibility index (Phi) is 9.35. The molecular weight excluding hydrogens is 326 g/mol. The molecule has 26 heavy (non-hydrogen) atoms. The monoisotopic (exact) mass is 361 g/mol. The molecule has 1 aromatic carbocycles. The lowest BCUT2D eigenvalue weighted by Crippen LogP contribution is -2.44. The van der Waals surface area contributed by atoms with Crippen molar-refractivity contribution in [2.45, 2.75) is 60.0 Å². The quantitative estimate of drug-likeness (QED) is 0.674. The van der Waals surface area contributed by atoms with Gasteiger partial charge >= 0.3 is 0 Å². The second-order valence-electron chi connectivity index (χ2n) is 7.65. The number of likely N-dealkylation sites (N-methyl/N-ethyl adjacent to an activating group) is 1. The lowest BCUT2D eigenvalue weighted by molar-refractivity contribution is -0.125. The number of hydrogen-bond donors (Lipinski definition) is 2. The zero-order valence-corrected chi connectivity index (χ0v) is 17.1. The van der Waals surface area contributed by atoms with Crippen LogP contribution < -0.4 is 10.6 Å². The SMILES string of the molecule is CCN(CC(=O)NC(C)C)CC(=O)NC(C)c1ccc(CC(C)C)cc1. The number of benzene rings is 1. The molecule has 1 rings (SSSR count). The van der Waals surface area contributed by atoms with Crippen molar-refractivity contribution in [3.63, 3.8) is 0 Å². The molecule has 0 aliphatic carbocycles. The highest BCUT2D eigenvalue weighted by Crippen LogP contribution is 2.15. The van der Waals surface area contributed by atoms with Crippen molar-refractivity contribution in [3.8, 4) is 0 Å². The number of rotatable bonds is 10. The molecule has 2 amide bonds. The van der Waals surface area contributed by atoms with E-state index >= 15 is 0 Å². The van der Waals surface area contributed by atoms with Gasteiger partial charge < -0.3 is 10.6 Å². The summed E-state index contributed by atoms with van der Waals surface area (Å²) in [7, 11) is 0. The number of amides is 2. The van der Waals surface area contributed by atoms with Gasteiger partial charge in [0.15, 0.2) is 0 Å². The largest absolute Gasteiger partial charge is 0.353 e. The van der Waals surface area contributed by atoms with Gasteiger partial charge in [-0.3, -0.25) is 14.5 Å². The van der Waals surface area contributed by atoms with Crippen molar-refractivity contribution in [2.75, 3.05) is 19.6 Å². The predicted molar refractivity (Wildman–Crippen MR) is 107 cm³/mol. The summed E-state index contributed by atoms with van der Waals surface area (Å²) in [5.74, 6) is 0.511. The van der Waals surface area contributed by atoms with E-state index in [9.17, 15) is 9.59 Å². The summed E-state index contributed by atoms with van der Waals surface area (Å²) < 4.78 is 0. The van der Waals surface area contributed by atoms with E-state index in [1.54, 1.807) is 0 Å². The fourth-order valence-corrected chi connectivity index (χ4v) is 2.84. The zero-order valence-electron chi connectivity index (χ0n) is 17.1. The first-order chi connectivity index (χ1) is 12.2. The molecule has 0 spiro atoms. The molecule has 0 fully saturated rings. The number of nitrogens with zero attached hydrogens (tertiary/aromatic N) is 1. The molecule has 0 saturated heterocycles. The number of carbonyl (C=O) groups excluding carboxylic acids is 2. The highest BCUT2D eigenvalue weighted by molar-refractivity contribution is 5.81. The fraction of sp³-hybridized carbons (Fsp3) is 0.619. The maximum absolute atomic E-state index is 12.3. The maximum atomic E-state index is 12.3. The van der Waals surface area contributed by atoms with Crippen molar-refractivity contribution in [2.24, 2.45) is 5.92 Å². The molecule has 0 heterocycles. The smallest absolute Gasteiger partial charge is 0.234 e. The zero-order chi connectivity index (χ0) is 19.7. The molecule has 2 N–H and O–H groups in total. The maximum Gasteiger partial charge on any atom is 0.234 e. The third kappa shape index (κ3) is 8.48. The van der Waals surface area contributed by atoms with E-state index in [1.165, 1.54) is 5.56 Å². The van der Waals surface area contributed by atoms with E-state index in [2.05, 4.69) is 48.7 Å². The molecule has 5 nitrogen and oxygen atoms in total. The van der Waals surface area contributed by atoms with Crippen LogP contribution in [0.25, 0.3) is 0 Å². The molecule has 0 saturated carbocycles. The minimum Gasteiger partial charge on any atom is -0.353 e. The standard InChI is InChI=1S/C21H35N3O2/c1-7-24(13-20(25)22-16(4)5)14-21(26)23-17(6)19-10-8-18(9-11-19)12-15(2)3/h8-11,15-17H,7,12-14H2,1-6H3,(H,22,25)(H,23,26). The molecule has 5 heteroatoms. The van der Waals surface area contributed by atoms with Gasteiger partial charge in [0, 0.05) is 6.04 Å². The second-order valence-corrected chi connectivity index (χ2v) is 7.65. The molecule has 0 aliphatic rings. The molecule has 0 bridgehead atoms. The average Bonchev–Trinajstić information content (AvgIpc) is 2.53. The number of carbonyl (C=O) groups is 2. The Morgan fingerprint density at radius 3 is 1.92 bits per heavy atom. The number of hydrogen-bond acceptors (Lipinski definition) is 3. The summed E-state index contributed by atoms with van der Waals surface area (Å²) in [4.78, 5) is 26.0. The van der Waals surface area contributed by atoms with Gasteiger partial charge in [-0.2, -0.15) is 0 Å². The third-order valence-electron chi connectivity index (χ3n) is 4.13. The van der Waals surface area contributed by atoms with Crippen molar-refractivity contribution in [3.05, 3.63) is 35.4 Å². The van der Waals surface area contributed by atoms with Crippen molar-refractivity contribution < 1.29 is 9.59 Å². The lowest BCUT2D eigenvalue weighted by Gasteiger charge is -2.22. The normalized spacial score (nSPS) is 12.5. The summed E-state index contributed by atoms with van der Waals surface area (Å²) in [5, 5.41) is 5.88. The molecule has 0 radical (unpaired) electrons. The van der Waals surface area contributed by atoms with Crippen LogP contribution in [0.4, 0.5) is 0 Å². The molecule has 0 aliphatic heterocycles. The molecule has 0 aromatic heterocycles. The van der Waals surface area contributed by atoms with E-state index in [1.807, 2.05) is 32.6 Å². The van der Waals surface area contributed by atoms with Crippen LogP contribution in [0.5, 0.6) is 0 Å². The molecule has 1 aromatic rings. The summed E-state index contributed by atoms with van der Waals surface area (Å²) in [6.07, 6.45) is 1.06. The minimum atomic E-state index is -0.0667. The highest BCUT2D eigenvalue weighted by Gasteiger charge is 2.15. The first-order valence-electron chi connectivity index (χ1n) is 9.61. The summed E-state index contributed by atoms with van der Waals surface area (Å²) in [6.45, 7) is 13.3. The Morgan fingerprint density at radius 1 is 0.923 bits per heavy atom. The van der Waals surface area contributed by atoms with Crippen LogP contribution in [0.1, 0.15) is 58.7 Å². The highest BCUT2D eigenvalue weighted by atomic mass is 16.2. The van der Waals surface area contributed by atoms with Crippen molar-refractivity contribution in [1.82, 2.24) is 15.5 Å². The number of nitrogens with one attached hydrogen (secondary N) is 2. The Balaban J connectivity index is 2.53. The van der Waals surface area contributed by atoms with Gasteiger partial charge in [-0.25, -0.2) is 0 Å². The van der Waals surface area contributed by atoms with E-state index in [-0.39, 0.29) is 37.0 Å². The summed E-state index contributed by atoms with van der Waals surface area (Å²) in [6, 6.07) is 8.47. The Bertz CT molecular complexity index is 567. The summed E-state index contributed by atoms with van der Waals surface area (Å²) in [5.41, 5.74) is 2.40. The van der Waals surface area contributed by atoms with Crippen LogP contribution >= 0.6 is 0 Å². The Morgan fingerprint density at radius 2 is 1.46 bits per heavy atom. The average molecular weight is 362 g/mol. The van der Waals surface area contributed by atoms with Gasteiger partial charge in [0.25, 0.3) is 0 Å². The lowest BCUT2D eigenvalue weighted by atomic mass is 10.00. The fourth-order valence-electron chi connectivity index (χ4n) is 2.84. The van der Waals surface area contributed by atoms with Crippen molar-refractivity contribution >= 4 is 11.8 Å². The van der Waals surface area contributed by atoms with Crippen LogP contribution in [0, 0.1) is 5.92 Å². The van der Waals surface area contributed by atoms with Crippen molar-refractivity contribution in [1.29, 1.82) is 0 Å². The van der Waals surface area contributed by atoms with E-state index in [0.29, 0.717) is 12.5 Å². The molecule has 1 atom stereocenters. The third-order valence-corrected chi connectivity index (χ3v) is 4.13. The molecule has 1 unspecified atom stereocenters. The first kappa shape index (κ1) is 22.2. The first-order valence-corrected chi connectivity index (χ1v) is 9.61. The Hall–Kier alpha value is -1.88. The Labute approximate surface area is 158 Å². The van der Waals surface area contributed by atoms with Crippen LogP contribution in [0.3, 0.4) is 0 Å². The molecule has 146 valence electrons. The van der Waals surface area contributed by atoms with Gasteiger partial charge in [0.1, 0.15) is 0 Å². The van der Waals surface area contributed by atoms with E-state index in [4.69, 9.17) is 0 Å². The predicted octanol–water partition coefficient (Wildman–Crippen LogP) is 2.91. The van der Waals surface area contributed by atoms with Crippen LogP contribution in [0.15, 0.2) is 24.3 Å². The van der Waals surface area contributed by atoms with Gasteiger partial charge in [-0.05, 0) is 50.8 Å². The topological polar surface area (TPSA) is 61.4 Å². The van der Waals surface area contributed by atoms with Gasteiger partial charge in [0.2, 0.25) is 11.8 Å². The summed E-state index contributed by atoms with van der Waals surface area (Å²) >= 11 is 0. The van der Waals surface area contributed by atoms with E-state index < -0.39 is 0 Å². The van der Waals surface area contributed by atoms with E-state index in [0.717, 1.165) is 12.0 Å². The van der Waals surface area contributed by atoms with Crippen LogP contribution in [-0.4, -0.2) is 42.4 Å². The molecular formula is C21H35N3O2. The minimum absolute atomic E-state index is 0.0524.